The number of hydrogen-bond donors (Lipinski definition) is 0. The second kappa shape index (κ2) is 10.9. The third kappa shape index (κ3) is 6.43. The number of aromatic nitrogens is 1. The number of likely N-dealkylation sites (N-methyl/N-ethyl adjacent to an activating group) is 1. The Morgan fingerprint density at radius 3 is 2.47 bits per heavy atom. The van der Waals surface area contributed by atoms with E-state index in [9.17, 15) is 9.59 Å². The summed E-state index contributed by atoms with van der Waals surface area (Å²) >= 11 is 3.31. The van der Waals surface area contributed by atoms with Gasteiger partial charge in [-0.25, -0.2) is 9.78 Å². The number of ether oxygens (including phenoxy) is 1. The summed E-state index contributed by atoms with van der Waals surface area (Å²) in [5.41, 5.74) is 2.53. The van der Waals surface area contributed by atoms with Crippen LogP contribution < -0.4 is 0 Å². The molecular formula is C23H24N2O3S2. The molecule has 1 amide bonds. The van der Waals surface area contributed by atoms with Gasteiger partial charge in [0.25, 0.3) is 5.91 Å². The SMILES string of the molecule is CCN(Cc1ccccc1)C(=O)COC(=O)c1ccc(SCc2csc(C)n2)cc1. The largest absolute Gasteiger partial charge is 0.452 e. The third-order valence-electron chi connectivity index (χ3n) is 4.42. The predicted octanol–water partition coefficient (Wildman–Crippen LogP) is 4.95. The number of carbonyl (C=O) groups excluding carboxylic acids is 2. The molecule has 1 aromatic heterocycles. The number of rotatable bonds is 9. The van der Waals surface area contributed by atoms with Crippen molar-refractivity contribution in [3.05, 3.63) is 81.8 Å². The summed E-state index contributed by atoms with van der Waals surface area (Å²) in [5, 5.41) is 3.12. The van der Waals surface area contributed by atoms with Crippen molar-refractivity contribution < 1.29 is 14.3 Å². The van der Waals surface area contributed by atoms with Gasteiger partial charge >= 0.3 is 5.97 Å². The molecule has 0 aliphatic heterocycles. The zero-order valence-corrected chi connectivity index (χ0v) is 18.7. The fraction of sp³-hybridized carbons (Fsp3) is 0.261. The van der Waals surface area contributed by atoms with Crippen molar-refractivity contribution in [2.75, 3.05) is 13.2 Å². The van der Waals surface area contributed by atoms with E-state index >= 15 is 0 Å². The van der Waals surface area contributed by atoms with Crippen LogP contribution in [0.4, 0.5) is 0 Å². The number of nitrogens with zero attached hydrogens (tertiary/aromatic N) is 2. The molecule has 1 heterocycles. The van der Waals surface area contributed by atoms with Crippen LogP contribution in [0, 0.1) is 6.92 Å². The van der Waals surface area contributed by atoms with Gasteiger partial charge in [-0.05, 0) is 43.7 Å². The van der Waals surface area contributed by atoms with Crippen molar-refractivity contribution in [2.24, 2.45) is 0 Å². The van der Waals surface area contributed by atoms with Crippen LogP contribution in [0.15, 0.2) is 64.9 Å². The molecule has 0 saturated heterocycles. The van der Waals surface area contributed by atoms with Gasteiger partial charge in [0.2, 0.25) is 0 Å². The number of thioether (sulfide) groups is 1. The van der Waals surface area contributed by atoms with Gasteiger partial charge in [0.05, 0.1) is 16.3 Å². The molecule has 0 unspecified atom stereocenters. The topological polar surface area (TPSA) is 59.5 Å². The first-order valence-corrected chi connectivity index (χ1v) is 11.5. The standard InChI is InChI=1S/C23H24N2O3S2/c1-3-25(13-18-7-5-4-6-8-18)22(26)14-28-23(27)19-9-11-21(12-10-19)30-16-20-15-29-17(2)24-20/h4-12,15H,3,13-14,16H2,1-2H3. The van der Waals surface area contributed by atoms with E-state index < -0.39 is 5.97 Å². The first kappa shape index (κ1) is 22.1. The van der Waals surface area contributed by atoms with Crippen molar-refractivity contribution >= 4 is 35.0 Å². The van der Waals surface area contributed by atoms with Gasteiger partial charge < -0.3 is 9.64 Å². The molecule has 0 bridgehead atoms. The fourth-order valence-electron chi connectivity index (χ4n) is 2.80. The Bertz CT molecular complexity index is 972. The van der Waals surface area contributed by atoms with Crippen LogP contribution in [0.5, 0.6) is 0 Å². The number of amides is 1. The molecule has 0 aliphatic rings. The minimum absolute atomic E-state index is 0.208. The maximum Gasteiger partial charge on any atom is 0.338 e. The van der Waals surface area contributed by atoms with Crippen molar-refractivity contribution in [3.63, 3.8) is 0 Å². The summed E-state index contributed by atoms with van der Waals surface area (Å²) in [6.45, 7) is 4.68. The normalized spacial score (nSPS) is 10.6. The Hall–Kier alpha value is -2.64. The van der Waals surface area contributed by atoms with E-state index in [0.717, 1.165) is 26.9 Å². The molecule has 0 atom stereocenters. The molecule has 0 saturated carbocycles. The van der Waals surface area contributed by atoms with Crippen LogP contribution in [0.2, 0.25) is 0 Å². The molecular weight excluding hydrogens is 416 g/mol. The van der Waals surface area contributed by atoms with Crippen LogP contribution in [-0.4, -0.2) is 34.9 Å². The molecule has 3 aromatic rings. The number of aryl methyl sites for hydroxylation is 1. The first-order valence-electron chi connectivity index (χ1n) is 9.68. The monoisotopic (exact) mass is 440 g/mol. The van der Waals surface area contributed by atoms with E-state index in [1.165, 1.54) is 0 Å². The van der Waals surface area contributed by atoms with Gasteiger partial charge in [-0.2, -0.15) is 0 Å². The number of esters is 1. The minimum atomic E-state index is -0.495. The summed E-state index contributed by atoms with van der Waals surface area (Å²) in [4.78, 5) is 31.9. The van der Waals surface area contributed by atoms with Gasteiger partial charge in [0, 0.05) is 29.1 Å². The lowest BCUT2D eigenvalue weighted by Gasteiger charge is -2.20. The average molecular weight is 441 g/mol. The van der Waals surface area contributed by atoms with E-state index in [2.05, 4.69) is 10.4 Å². The van der Waals surface area contributed by atoms with Crippen molar-refractivity contribution in [3.8, 4) is 0 Å². The summed E-state index contributed by atoms with van der Waals surface area (Å²) in [5.74, 6) is 0.0860. The lowest BCUT2D eigenvalue weighted by atomic mass is 10.2. The highest BCUT2D eigenvalue weighted by Crippen LogP contribution is 2.24. The van der Waals surface area contributed by atoms with Crippen LogP contribution in [0.3, 0.4) is 0 Å². The van der Waals surface area contributed by atoms with Gasteiger partial charge in [-0.15, -0.1) is 23.1 Å². The third-order valence-corrected chi connectivity index (χ3v) is 6.29. The van der Waals surface area contributed by atoms with Crippen molar-refractivity contribution in [1.82, 2.24) is 9.88 Å². The van der Waals surface area contributed by atoms with Crippen molar-refractivity contribution in [1.29, 1.82) is 0 Å². The average Bonchev–Trinajstić information content (AvgIpc) is 3.20. The van der Waals surface area contributed by atoms with E-state index in [0.29, 0.717) is 18.7 Å². The Morgan fingerprint density at radius 1 is 1.10 bits per heavy atom. The second-order valence-electron chi connectivity index (χ2n) is 6.64. The molecule has 7 heteroatoms. The molecule has 0 fully saturated rings. The maximum atomic E-state index is 12.4. The minimum Gasteiger partial charge on any atom is -0.452 e. The second-order valence-corrected chi connectivity index (χ2v) is 8.75. The zero-order valence-electron chi connectivity index (χ0n) is 17.0. The molecule has 2 aromatic carbocycles. The quantitative estimate of drug-likeness (QED) is 0.348. The number of thiazole rings is 1. The van der Waals surface area contributed by atoms with E-state index in [4.69, 9.17) is 4.74 Å². The highest BCUT2D eigenvalue weighted by atomic mass is 32.2. The predicted molar refractivity (Wildman–Crippen MR) is 121 cm³/mol. The smallest absolute Gasteiger partial charge is 0.338 e. The molecule has 0 N–H and O–H groups in total. The summed E-state index contributed by atoms with van der Waals surface area (Å²) < 4.78 is 5.24. The van der Waals surface area contributed by atoms with Crippen LogP contribution in [0.1, 0.15) is 33.5 Å². The molecule has 3 rings (SSSR count). The summed E-state index contributed by atoms with van der Waals surface area (Å²) in [6, 6.07) is 17.0. The van der Waals surface area contributed by atoms with Crippen LogP contribution >= 0.6 is 23.1 Å². The van der Waals surface area contributed by atoms with Gasteiger partial charge in [0.15, 0.2) is 6.61 Å². The molecule has 0 spiro atoms. The maximum absolute atomic E-state index is 12.4. The number of hydrogen-bond acceptors (Lipinski definition) is 6. The van der Waals surface area contributed by atoms with E-state index in [-0.39, 0.29) is 12.5 Å². The molecule has 30 heavy (non-hydrogen) atoms. The first-order chi connectivity index (χ1) is 14.5. The number of carbonyl (C=O) groups is 2. The molecule has 0 radical (unpaired) electrons. The van der Waals surface area contributed by atoms with E-state index in [1.807, 2.05) is 56.3 Å². The van der Waals surface area contributed by atoms with Gasteiger partial charge in [-0.3, -0.25) is 4.79 Å². The fourth-order valence-corrected chi connectivity index (χ4v) is 4.31. The van der Waals surface area contributed by atoms with Crippen LogP contribution in [-0.2, 0) is 21.8 Å². The Balaban J connectivity index is 1.48. The Labute approximate surface area is 185 Å². The molecule has 5 nitrogen and oxygen atoms in total. The summed E-state index contributed by atoms with van der Waals surface area (Å²) in [7, 11) is 0. The Kier molecular flexibility index (Phi) is 8.04. The van der Waals surface area contributed by atoms with Crippen molar-refractivity contribution in [2.45, 2.75) is 31.0 Å². The Morgan fingerprint density at radius 2 is 1.83 bits per heavy atom. The lowest BCUT2D eigenvalue weighted by molar-refractivity contribution is -0.134. The van der Waals surface area contributed by atoms with Gasteiger partial charge in [0.1, 0.15) is 0 Å². The zero-order chi connectivity index (χ0) is 21.3. The van der Waals surface area contributed by atoms with E-state index in [1.54, 1.807) is 40.1 Å². The van der Waals surface area contributed by atoms with Crippen LogP contribution in [0.25, 0.3) is 0 Å². The summed E-state index contributed by atoms with van der Waals surface area (Å²) in [6.07, 6.45) is 0. The lowest BCUT2D eigenvalue weighted by Crippen LogP contribution is -2.34. The highest BCUT2D eigenvalue weighted by Gasteiger charge is 2.16. The highest BCUT2D eigenvalue weighted by molar-refractivity contribution is 7.98. The molecule has 156 valence electrons. The van der Waals surface area contributed by atoms with Gasteiger partial charge in [-0.1, -0.05) is 30.3 Å². The number of benzene rings is 2. The molecule has 0 aliphatic carbocycles.